The molecule has 1 saturated heterocycles. The van der Waals surface area contributed by atoms with Crippen LogP contribution in [-0.4, -0.2) is 54.7 Å². The standard InChI is InChI=1S/C25H25N3O3S/c29-25(24-20-9-4-5-11-22(20)26-23-12-6-10-21(23)24)27-14-16-28(17-15-27)32(30,31)18-13-19-7-2-1-3-8-19/h1-5,7-9,11,13,18H,6,10,12,14-17H2. The van der Waals surface area contributed by atoms with Crippen LogP contribution in [0.15, 0.2) is 60.0 Å². The number of carbonyl (C=O) groups is 1. The fourth-order valence-electron chi connectivity index (χ4n) is 4.57. The molecule has 0 bridgehead atoms. The Bertz CT molecular complexity index is 1290. The second-order valence-electron chi connectivity index (χ2n) is 8.23. The van der Waals surface area contributed by atoms with Gasteiger partial charge in [-0.3, -0.25) is 9.78 Å². The number of benzene rings is 2. The van der Waals surface area contributed by atoms with Crippen LogP contribution in [0.4, 0.5) is 0 Å². The second-order valence-corrected chi connectivity index (χ2v) is 10.1. The molecule has 0 atom stereocenters. The van der Waals surface area contributed by atoms with Crippen LogP contribution in [-0.2, 0) is 22.9 Å². The van der Waals surface area contributed by atoms with E-state index in [0.717, 1.165) is 52.5 Å². The SMILES string of the molecule is O=C(c1c2c(nc3ccccc13)CCC2)N1CCN(S(=O)(=O)C=Cc2ccccc2)CC1. The third-order valence-corrected chi connectivity index (χ3v) is 7.82. The monoisotopic (exact) mass is 447 g/mol. The van der Waals surface area contributed by atoms with Crippen molar-refractivity contribution in [2.45, 2.75) is 19.3 Å². The Balaban J connectivity index is 1.34. The molecular weight excluding hydrogens is 422 g/mol. The fourth-order valence-corrected chi connectivity index (χ4v) is 5.75. The highest BCUT2D eigenvalue weighted by atomic mass is 32.2. The van der Waals surface area contributed by atoms with Gasteiger partial charge in [0, 0.05) is 42.7 Å². The number of piperazine rings is 1. The predicted molar refractivity (Wildman–Crippen MR) is 126 cm³/mol. The topological polar surface area (TPSA) is 70.6 Å². The zero-order valence-corrected chi connectivity index (χ0v) is 18.6. The van der Waals surface area contributed by atoms with Crippen LogP contribution in [0, 0.1) is 0 Å². The molecule has 5 rings (SSSR count). The molecule has 3 aromatic rings. The quantitative estimate of drug-likeness (QED) is 0.614. The van der Waals surface area contributed by atoms with Crippen molar-refractivity contribution in [1.29, 1.82) is 0 Å². The Morgan fingerprint density at radius 1 is 0.906 bits per heavy atom. The van der Waals surface area contributed by atoms with Crippen molar-refractivity contribution >= 4 is 32.9 Å². The molecule has 164 valence electrons. The Morgan fingerprint density at radius 3 is 2.41 bits per heavy atom. The molecule has 1 aliphatic heterocycles. The summed E-state index contributed by atoms with van der Waals surface area (Å²) in [5.74, 6) is -0.0152. The summed E-state index contributed by atoms with van der Waals surface area (Å²) in [6.45, 7) is 1.34. The highest BCUT2D eigenvalue weighted by Gasteiger charge is 2.31. The van der Waals surface area contributed by atoms with E-state index in [1.54, 1.807) is 11.0 Å². The van der Waals surface area contributed by atoms with Gasteiger partial charge < -0.3 is 4.90 Å². The maximum absolute atomic E-state index is 13.6. The summed E-state index contributed by atoms with van der Waals surface area (Å²) >= 11 is 0. The van der Waals surface area contributed by atoms with Crippen molar-refractivity contribution < 1.29 is 13.2 Å². The van der Waals surface area contributed by atoms with Crippen LogP contribution in [0.25, 0.3) is 17.0 Å². The molecule has 1 amide bonds. The molecule has 7 heteroatoms. The number of fused-ring (bicyclic) bond motifs is 2. The van der Waals surface area contributed by atoms with Gasteiger partial charge in [-0.25, -0.2) is 8.42 Å². The lowest BCUT2D eigenvalue weighted by Crippen LogP contribution is -2.50. The summed E-state index contributed by atoms with van der Waals surface area (Å²) in [5, 5.41) is 2.14. The van der Waals surface area contributed by atoms with Crippen LogP contribution in [0.2, 0.25) is 0 Å². The number of aromatic nitrogens is 1. The summed E-state index contributed by atoms with van der Waals surface area (Å²) in [7, 11) is -3.53. The molecule has 1 fully saturated rings. The van der Waals surface area contributed by atoms with Gasteiger partial charge in [-0.15, -0.1) is 0 Å². The minimum absolute atomic E-state index is 0.0152. The van der Waals surface area contributed by atoms with Gasteiger partial charge in [0.15, 0.2) is 0 Å². The van der Waals surface area contributed by atoms with Crippen LogP contribution >= 0.6 is 0 Å². The van der Waals surface area contributed by atoms with Gasteiger partial charge in [0.05, 0.1) is 11.1 Å². The van der Waals surface area contributed by atoms with Gasteiger partial charge in [-0.05, 0) is 42.5 Å². The molecular formula is C25H25N3O3S. The molecule has 0 spiro atoms. The lowest BCUT2D eigenvalue weighted by molar-refractivity contribution is 0.0699. The van der Waals surface area contributed by atoms with Gasteiger partial charge in [0.1, 0.15) is 0 Å². The minimum atomic E-state index is -3.53. The average Bonchev–Trinajstić information content (AvgIpc) is 3.30. The molecule has 6 nitrogen and oxygen atoms in total. The number of amides is 1. The van der Waals surface area contributed by atoms with Gasteiger partial charge in [-0.1, -0.05) is 48.5 Å². The molecule has 0 saturated carbocycles. The summed E-state index contributed by atoms with van der Waals surface area (Å²) < 4.78 is 27.0. The molecule has 1 aromatic heterocycles. The smallest absolute Gasteiger partial charge is 0.254 e. The molecule has 32 heavy (non-hydrogen) atoms. The van der Waals surface area contributed by atoms with Crippen molar-refractivity contribution in [1.82, 2.24) is 14.2 Å². The number of sulfonamides is 1. The molecule has 0 radical (unpaired) electrons. The van der Waals surface area contributed by atoms with Crippen LogP contribution < -0.4 is 0 Å². The number of hydrogen-bond donors (Lipinski definition) is 0. The van der Waals surface area contributed by atoms with Crippen molar-refractivity contribution in [2.75, 3.05) is 26.2 Å². The van der Waals surface area contributed by atoms with E-state index < -0.39 is 10.0 Å². The maximum atomic E-state index is 13.6. The van der Waals surface area contributed by atoms with Gasteiger partial charge >= 0.3 is 0 Å². The molecule has 2 heterocycles. The fraction of sp³-hybridized carbons (Fsp3) is 0.280. The van der Waals surface area contributed by atoms with E-state index >= 15 is 0 Å². The average molecular weight is 448 g/mol. The minimum Gasteiger partial charge on any atom is -0.336 e. The zero-order valence-electron chi connectivity index (χ0n) is 17.8. The van der Waals surface area contributed by atoms with Crippen molar-refractivity contribution in [3.05, 3.63) is 82.4 Å². The van der Waals surface area contributed by atoms with Gasteiger partial charge in [-0.2, -0.15) is 4.31 Å². The lowest BCUT2D eigenvalue weighted by atomic mass is 10.00. The number of hydrogen-bond acceptors (Lipinski definition) is 4. The van der Waals surface area contributed by atoms with E-state index in [-0.39, 0.29) is 5.91 Å². The van der Waals surface area contributed by atoms with Crippen molar-refractivity contribution in [3.63, 3.8) is 0 Å². The molecule has 1 aliphatic carbocycles. The number of pyridine rings is 1. The summed E-state index contributed by atoms with van der Waals surface area (Å²) in [6, 6.07) is 17.1. The summed E-state index contributed by atoms with van der Waals surface area (Å²) in [6.07, 6.45) is 4.39. The van der Waals surface area contributed by atoms with Crippen LogP contribution in [0.1, 0.15) is 33.6 Å². The van der Waals surface area contributed by atoms with E-state index in [2.05, 4.69) is 0 Å². The first-order valence-electron chi connectivity index (χ1n) is 11.0. The van der Waals surface area contributed by atoms with Crippen molar-refractivity contribution in [3.8, 4) is 0 Å². The third kappa shape index (κ3) is 3.94. The van der Waals surface area contributed by atoms with E-state index in [4.69, 9.17) is 4.98 Å². The second kappa shape index (κ2) is 8.48. The first kappa shape index (κ1) is 20.8. The van der Waals surface area contributed by atoms with Crippen LogP contribution in [0.3, 0.4) is 0 Å². The normalized spacial score (nSPS) is 17.2. The summed E-state index contributed by atoms with van der Waals surface area (Å²) in [4.78, 5) is 20.1. The Morgan fingerprint density at radius 2 is 1.62 bits per heavy atom. The Labute approximate surface area is 188 Å². The van der Waals surface area contributed by atoms with Gasteiger partial charge in [0.2, 0.25) is 10.0 Å². The Kier molecular flexibility index (Phi) is 5.53. The third-order valence-electron chi connectivity index (χ3n) is 6.25. The highest BCUT2D eigenvalue weighted by Crippen LogP contribution is 2.31. The van der Waals surface area contributed by atoms with E-state index in [1.807, 2.05) is 54.6 Å². The largest absolute Gasteiger partial charge is 0.336 e. The highest BCUT2D eigenvalue weighted by molar-refractivity contribution is 7.92. The number of para-hydroxylation sites is 1. The molecule has 2 aliphatic rings. The zero-order chi connectivity index (χ0) is 22.1. The summed E-state index contributed by atoms with van der Waals surface area (Å²) in [5.41, 5.74) is 4.53. The first-order chi connectivity index (χ1) is 15.5. The molecule has 0 unspecified atom stereocenters. The Hall–Kier alpha value is -3.03. The number of rotatable bonds is 4. The van der Waals surface area contributed by atoms with Crippen LogP contribution in [0.5, 0.6) is 0 Å². The van der Waals surface area contributed by atoms with E-state index in [0.29, 0.717) is 26.2 Å². The number of carbonyl (C=O) groups excluding carboxylic acids is 1. The number of nitrogens with zero attached hydrogens (tertiary/aromatic N) is 3. The molecule has 0 N–H and O–H groups in total. The maximum Gasteiger partial charge on any atom is 0.254 e. The van der Waals surface area contributed by atoms with Crippen molar-refractivity contribution in [2.24, 2.45) is 0 Å². The van der Waals surface area contributed by atoms with Gasteiger partial charge in [0.25, 0.3) is 5.91 Å². The van der Waals surface area contributed by atoms with E-state index in [1.165, 1.54) is 9.71 Å². The molecule has 2 aromatic carbocycles. The van der Waals surface area contributed by atoms with E-state index in [9.17, 15) is 13.2 Å². The predicted octanol–water partition coefficient (Wildman–Crippen LogP) is 3.48. The lowest BCUT2D eigenvalue weighted by Gasteiger charge is -2.34. The number of aryl methyl sites for hydroxylation is 1. The first-order valence-corrected chi connectivity index (χ1v) is 12.5.